The van der Waals surface area contributed by atoms with Crippen LogP contribution in [0.4, 0.5) is 11.4 Å². The van der Waals surface area contributed by atoms with E-state index in [1.165, 1.54) is 36.2 Å². The van der Waals surface area contributed by atoms with Gasteiger partial charge in [0.25, 0.3) is 17.2 Å². The lowest BCUT2D eigenvalue weighted by Crippen LogP contribution is -2.21. The summed E-state index contributed by atoms with van der Waals surface area (Å²) in [6.07, 6.45) is 1.43. The molecule has 11 heteroatoms. The van der Waals surface area contributed by atoms with Crippen LogP contribution in [0.1, 0.15) is 20.8 Å². The number of non-ortho nitro benzene ring substituents is 1. The second-order valence-corrected chi connectivity index (χ2v) is 8.51. The van der Waals surface area contributed by atoms with Crippen LogP contribution in [-0.2, 0) is 6.54 Å². The number of hydrogen-bond acceptors (Lipinski definition) is 7. The third kappa shape index (κ3) is 4.30. The van der Waals surface area contributed by atoms with E-state index in [4.69, 9.17) is 16.3 Å². The smallest absolute Gasteiger partial charge is 0.271 e. The Kier molecular flexibility index (Phi) is 6.12. The zero-order chi connectivity index (χ0) is 23.7. The molecule has 0 saturated heterocycles. The topological polar surface area (TPSA) is 116 Å². The van der Waals surface area contributed by atoms with Crippen molar-refractivity contribution in [1.29, 1.82) is 0 Å². The fourth-order valence-corrected chi connectivity index (χ4v) is 4.61. The Bertz CT molecular complexity index is 1460. The van der Waals surface area contributed by atoms with Crippen molar-refractivity contribution in [3.05, 3.63) is 90.3 Å². The SMILES string of the molecule is COc1ccc([N+](=O)[O-])cc1NC(=O)c1sc2ncn(Cc3ccccc3Cl)c(=O)c2c1C. The van der Waals surface area contributed by atoms with Crippen LogP contribution in [0.15, 0.2) is 53.6 Å². The largest absolute Gasteiger partial charge is 0.495 e. The van der Waals surface area contributed by atoms with Crippen LogP contribution in [0, 0.1) is 17.0 Å². The molecule has 2 aromatic heterocycles. The molecule has 0 saturated carbocycles. The maximum atomic E-state index is 13.1. The van der Waals surface area contributed by atoms with Crippen molar-refractivity contribution in [2.75, 3.05) is 12.4 Å². The molecule has 0 aliphatic heterocycles. The lowest BCUT2D eigenvalue weighted by atomic mass is 10.2. The predicted molar refractivity (Wildman–Crippen MR) is 127 cm³/mol. The molecule has 1 amide bonds. The van der Waals surface area contributed by atoms with E-state index in [2.05, 4.69) is 10.3 Å². The highest BCUT2D eigenvalue weighted by atomic mass is 35.5. The number of nitrogens with one attached hydrogen (secondary N) is 1. The predicted octanol–water partition coefficient (Wildman–Crippen LogP) is 4.64. The molecule has 168 valence electrons. The number of halogens is 1. The van der Waals surface area contributed by atoms with E-state index in [-0.39, 0.29) is 34.1 Å². The van der Waals surface area contributed by atoms with Crippen LogP contribution < -0.4 is 15.6 Å². The summed E-state index contributed by atoms with van der Waals surface area (Å²) in [6.45, 7) is 1.91. The monoisotopic (exact) mass is 484 g/mol. The first kappa shape index (κ1) is 22.4. The summed E-state index contributed by atoms with van der Waals surface area (Å²) in [5, 5.41) is 14.6. The maximum Gasteiger partial charge on any atom is 0.271 e. The molecule has 4 rings (SSSR count). The Morgan fingerprint density at radius 2 is 2.06 bits per heavy atom. The first-order chi connectivity index (χ1) is 15.8. The van der Waals surface area contributed by atoms with Crippen molar-refractivity contribution in [2.45, 2.75) is 13.5 Å². The van der Waals surface area contributed by atoms with Crippen LogP contribution in [0.5, 0.6) is 5.75 Å². The van der Waals surface area contributed by atoms with Gasteiger partial charge in [-0.15, -0.1) is 11.3 Å². The summed E-state index contributed by atoms with van der Waals surface area (Å²) in [7, 11) is 1.40. The number of aryl methyl sites for hydroxylation is 1. The van der Waals surface area contributed by atoms with Crippen LogP contribution >= 0.6 is 22.9 Å². The van der Waals surface area contributed by atoms with Gasteiger partial charge in [-0.3, -0.25) is 24.3 Å². The van der Waals surface area contributed by atoms with Crippen LogP contribution in [0.25, 0.3) is 10.2 Å². The number of carbonyl (C=O) groups excluding carboxylic acids is 1. The third-order valence-corrected chi connectivity index (χ3v) is 6.63. The average molecular weight is 485 g/mol. The number of nitrogens with zero attached hydrogens (tertiary/aromatic N) is 3. The van der Waals surface area contributed by atoms with Crippen LogP contribution in [0.2, 0.25) is 5.02 Å². The van der Waals surface area contributed by atoms with Gasteiger partial charge in [-0.1, -0.05) is 29.8 Å². The number of anilines is 1. The number of thiophene rings is 1. The number of nitro groups is 1. The molecular formula is C22H17ClN4O5S. The molecule has 0 unspecified atom stereocenters. The first-order valence-corrected chi connectivity index (χ1v) is 10.8. The number of methoxy groups -OCH3 is 1. The molecule has 2 aromatic carbocycles. The zero-order valence-electron chi connectivity index (χ0n) is 17.5. The number of rotatable bonds is 6. The Morgan fingerprint density at radius 1 is 1.30 bits per heavy atom. The van der Waals surface area contributed by atoms with Gasteiger partial charge in [-0.05, 0) is 30.2 Å². The highest BCUT2D eigenvalue weighted by molar-refractivity contribution is 7.20. The van der Waals surface area contributed by atoms with E-state index in [0.29, 0.717) is 20.8 Å². The molecule has 9 nitrogen and oxygen atoms in total. The minimum atomic E-state index is -0.564. The van der Waals surface area contributed by atoms with Gasteiger partial charge in [0, 0.05) is 17.2 Å². The molecule has 0 atom stereocenters. The number of aromatic nitrogens is 2. The number of nitro benzene ring substituents is 1. The van der Waals surface area contributed by atoms with E-state index < -0.39 is 10.8 Å². The quantitative estimate of drug-likeness (QED) is 0.315. The van der Waals surface area contributed by atoms with Crippen molar-refractivity contribution in [2.24, 2.45) is 0 Å². The van der Waals surface area contributed by atoms with Crippen molar-refractivity contribution in [3.63, 3.8) is 0 Å². The van der Waals surface area contributed by atoms with Gasteiger partial charge in [0.1, 0.15) is 10.6 Å². The molecule has 0 aliphatic rings. The van der Waals surface area contributed by atoms with E-state index in [1.54, 1.807) is 19.1 Å². The second-order valence-electron chi connectivity index (χ2n) is 7.10. The van der Waals surface area contributed by atoms with Crippen molar-refractivity contribution >= 4 is 50.4 Å². The standard InChI is InChI=1S/C22H17ClN4O5S/c1-12-18-21(24-11-26(22(18)29)10-13-5-3-4-6-15(13)23)33-19(12)20(28)25-16-9-14(27(30)31)7-8-17(16)32-2/h3-9,11H,10H2,1-2H3,(H,25,28). The highest BCUT2D eigenvalue weighted by Crippen LogP contribution is 2.32. The molecular weight excluding hydrogens is 468 g/mol. The van der Waals surface area contributed by atoms with Crippen LogP contribution in [-0.4, -0.2) is 27.5 Å². The lowest BCUT2D eigenvalue weighted by Gasteiger charge is -2.09. The Balaban J connectivity index is 1.70. The van der Waals surface area contributed by atoms with Gasteiger partial charge in [0.15, 0.2) is 0 Å². The molecule has 0 bridgehead atoms. The third-order valence-electron chi connectivity index (χ3n) is 5.06. The Labute approximate surface area is 196 Å². The van der Waals surface area contributed by atoms with Crippen LogP contribution in [0.3, 0.4) is 0 Å². The number of benzene rings is 2. The highest BCUT2D eigenvalue weighted by Gasteiger charge is 2.22. The molecule has 0 aliphatic carbocycles. The number of amides is 1. The van der Waals surface area contributed by atoms with Gasteiger partial charge in [-0.25, -0.2) is 4.98 Å². The normalized spacial score (nSPS) is 10.9. The number of hydrogen-bond donors (Lipinski definition) is 1. The molecule has 0 spiro atoms. The molecule has 0 fully saturated rings. The Hall–Kier alpha value is -3.76. The molecule has 0 radical (unpaired) electrons. The van der Waals surface area contributed by atoms with Gasteiger partial charge in [-0.2, -0.15) is 0 Å². The zero-order valence-corrected chi connectivity index (χ0v) is 19.1. The lowest BCUT2D eigenvalue weighted by molar-refractivity contribution is -0.384. The second kappa shape index (κ2) is 9.00. The van der Waals surface area contributed by atoms with E-state index in [0.717, 1.165) is 16.9 Å². The summed E-state index contributed by atoms with van der Waals surface area (Å²) in [5.74, 6) is -0.251. The fraction of sp³-hybridized carbons (Fsp3) is 0.136. The minimum absolute atomic E-state index is 0.151. The summed E-state index contributed by atoms with van der Waals surface area (Å²) < 4.78 is 6.64. The van der Waals surface area contributed by atoms with Gasteiger partial charge in [0.2, 0.25) is 0 Å². The van der Waals surface area contributed by atoms with Crippen molar-refractivity contribution < 1.29 is 14.5 Å². The van der Waals surface area contributed by atoms with Gasteiger partial charge < -0.3 is 10.1 Å². The summed E-state index contributed by atoms with van der Waals surface area (Å²) in [5.41, 5.74) is 0.913. The van der Waals surface area contributed by atoms with E-state index >= 15 is 0 Å². The van der Waals surface area contributed by atoms with Crippen molar-refractivity contribution in [3.8, 4) is 5.75 Å². The van der Waals surface area contributed by atoms with E-state index in [1.807, 2.05) is 12.1 Å². The average Bonchev–Trinajstić information content (AvgIpc) is 3.14. The van der Waals surface area contributed by atoms with E-state index in [9.17, 15) is 19.7 Å². The molecule has 33 heavy (non-hydrogen) atoms. The first-order valence-electron chi connectivity index (χ1n) is 9.66. The molecule has 1 N–H and O–H groups in total. The molecule has 2 heterocycles. The summed E-state index contributed by atoms with van der Waals surface area (Å²) in [4.78, 5) is 41.7. The van der Waals surface area contributed by atoms with Gasteiger partial charge >= 0.3 is 0 Å². The number of carbonyl (C=O) groups is 1. The Morgan fingerprint density at radius 3 is 2.76 bits per heavy atom. The van der Waals surface area contributed by atoms with Gasteiger partial charge in [0.05, 0.1) is 40.9 Å². The number of ether oxygens (including phenoxy) is 1. The number of fused-ring (bicyclic) bond motifs is 1. The molecule has 4 aromatic rings. The van der Waals surface area contributed by atoms with Crippen molar-refractivity contribution in [1.82, 2.24) is 9.55 Å². The fourth-order valence-electron chi connectivity index (χ4n) is 3.38. The minimum Gasteiger partial charge on any atom is -0.495 e. The summed E-state index contributed by atoms with van der Waals surface area (Å²) in [6, 6.07) is 11.1. The summed E-state index contributed by atoms with van der Waals surface area (Å²) >= 11 is 7.29. The maximum absolute atomic E-state index is 13.1.